The van der Waals surface area contributed by atoms with E-state index in [9.17, 15) is 4.79 Å². The van der Waals surface area contributed by atoms with E-state index in [-0.39, 0.29) is 11.6 Å². The quantitative estimate of drug-likeness (QED) is 0.464. The fraction of sp³-hybridized carbons (Fsp3) is 0.0909. The zero-order valence-corrected chi connectivity index (χ0v) is 15.9. The van der Waals surface area contributed by atoms with Crippen molar-refractivity contribution in [3.8, 4) is 5.75 Å². The third kappa shape index (κ3) is 5.11. The molecule has 6 heteroatoms. The van der Waals surface area contributed by atoms with Gasteiger partial charge in [0.25, 0.3) is 5.91 Å². The molecule has 0 spiro atoms. The molecule has 1 amide bonds. The first-order valence-electron chi connectivity index (χ1n) is 8.53. The van der Waals surface area contributed by atoms with E-state index in [1.165, 1.54) is 19.6 Å². The Labute approximate surface area is 164 Å². The predicted octanol–water partition coefficient (Wildman–Crippen LogP) is 4.55. The average Bonchev–Trinajstić information content (AvgIpc) is 3.23. The molecule has 0 aliphatic carbocycles. The van der Waals surface area contributed by atoms with Crippen molar-refractivity contribution in [1.29, 1.82) is 5.41 Å². The highest BCUT2D eigenvalue weighted by Crippen LogP contribution is 2.27. The normalized spacial score (nSPS) is 12.1. The molecule has 0 unspecified atom stereocenters. The molecule has 0 aliphatic heterocycles. The summed E-state index contributed by atoms with van der Waals surface area (Å²) in [5.74, 6) is 0.234. The van der Waals surface area contributed by atoms with Crippen LogP contribution in [0.25, 0.3) is 5.70 Å². The third-order valence-electron chi connectivity index (χ3n) is 3.89. The molecule has 1 heterocycles. The van der Waals surface area contributed by atoms with Crippen LogP contribution in [0, 0.1) is 5.41 Å². The van der Waals surface area contributed by atoms with E-state index >= 15 is 0 Å². The van der Waals surface area contributed by atoms with Crippen LogP contribution in [0.3, 0.4) is 0 Å². The molecule has 0 aliphatic rings. The number of amides is 1. The molecule has 0 saturated carbocycles. The van der Waals surface area contributed by atoms with Crippen molar-refractivity contribution in [2.45, 2.75) is 6.92 Å². The van der Waals surface area contributed by atoms with Gasteiger partial charge in [0.2, 0.25) is 0 Å². The van der Waals surface area contributed by atoms with Crippen LogP contribution in [-0.2, 0) is 0 Å². The van der Waals surface area contributed by atoms with Gasteiger partial charge in [-0.25, -0.2) is 0 Å². The van der Waals surface area contributed by atoms with E-state index in [1.807, 2.05) is 13.0 Å². The number of nitrogens with two attached hydrogens (primary N) is 1. The summed E-state index contributed by atoms with van der Waals surface area (Å²) in [5.41, 5.74) is 9.04. The molecular weight excluding hydrogens is 354 g/mol. The molecular formula is C22H23N3O3. The van der Waals surface area contributed by atoms with Crippen molar-refractivity contribution in [3.63, 3.8) is 0 Å². The second-order valence-corrected chi connectivity index (χ2v) is 5.73. The number of methoxy groups -OCH3 is 1. The summed E-state index contributed by atoms with van der Waals surface area (Å²) in [6.45, 7) is 5.47. The maximum absolute atomic E-state index is 12.2. The third-order valence-corrected chi connectivity index (χ3v) is 3.89. The minimum atomic E-state index is -0.300. The molecule has 2 rings (SSSR count). The van der Waals surface area contributed by atoms with Crippen LogP contribution < -0.4 is 15.8 Å². The number of furan rings is 1. The number of ether oxygens (including phenoxy) is 1. The Hall–Kier alpha value is -3.80. The van der Waals surface area contributed by atoms with Crippen molar-refractivity contribution < 1.29 is 13.9 Å². The molecule has 0 saturated heterocycles. The van der Waals surface area contributed by atoms with Gasteiger partial charge in [-0.2, -0.15) is 0 Å². The van der Waals surface area contributed by atoms with Crippen LogP contribution in [0.5, 0.6) is 5.75 Å². The molecule has 6 nitrogen and oxygen atoms in total. The highest BCUT2D eigenvalue weighted by atomic mass is 16.5. The van der Waals surface area contributed by atoms with E-state index in [1.54, 1.807) is 48.6 Å². The first kappa shape index (κ1) is 20.5. The van der Waals surface area contributed by atoms with Crippen LogP contribution in [0.1, 0.15) is 22.8 Å². The van der Waals surface area contributed by atoms with Gasteiger partial charge in [0.05, 0.1) is 24.6 Å². The van der Waals surface area contributed by atoms with E-state index < -0.39 is 0 Å². The molecule has 4 N–H and O–H groups in total. The molecule has 1 aromatic carbocycles. The Kier molecular flexibility index (Phi) is 7.16. The van der Waals surface area contributed by atoms with E-state index in [4.69, 9.17) is 20.3 Å². The summed E-state index contributed by atoms with van der Waals surface area (Å²) in [4.78, 5) is 12.2. The minimum absolute atomic E-state index is 0.244. The molecule has 2 aromatic rings. The summed E-state index contributed by atoms with van der Waals surface area (Å²) in [7, 11) is 1.53. The maximum Gasteiger partial charge on any atom is 0.258 e. The Morgan fingerprint density at radius 1 is 1.36 bits per heavy atom. The summed E-state index contributed by atoms with van der Waals surface area (Å²) in [6, 6.07) is 6.69. The van der Waals surface area contributed by atoms with Crippen LogP contribution in [0.2, 0.25) is 0 Å². The molecule has 144 valence electrons. The van der Waals surface area contributed by atoms with E-state index in [2.05, 4.69) is 11.9 Å². The summed E-state index contributed by atoms with van der Waals surface area (Å²) in [5, 5.41) is 11.0. The zero-order valence-electron chi connectivity index (χ0n) is 15.9. The van der Waals surface area contributed by atoms with Crippen molar-refractivity contribution >= 4 is 23.0 Å². The smallest absolute Gasteiger partial charge is 0.258 e. The van der Waals surface area contributed by atoms with Gasteiger partial charge in [0.15, 0.2) is 0 Å². The fourth-order valence-corrected chi connectivity index (χ4v) is 2.44. The second kappa shape index (κ2) is 9.78. The molecule has 28 heavy (non-hydrogen) atoms. The van der Waals surface area contributed by atoms with Gasteiger partial charge in [0, 0.05) is 16.9 Å². The monoisotopic (exact) mass is 377 g/mol. The maximum atomic E-state index is 12.2. The standard InChI is InChI=1S/C22H23N3O3/c1-4-6-7-15(5-2)19(23)13-20(24)18-12-17(8-9-21(18)27-3)25-22(26)16-10-11-28-14-16/h4-14,23H,1,24H2,2-3H3,(H,25,26)/b7-6-,15-5+,20-13-,23-19?. The van der Waals surface area contributed by atoms with Crippen LogP contribution >= 0.6 is 0 Å². The van der Waals surface area contributed by atoms with Gasteiger partial charge in [-0.15, -0.1) is 0 Å². The molecule has 0 bridgehead atoms. The highest BCUT2D eigenvalue weighted by molar-refractivity contribution is 6.11. The second-order valence-electron chi connectivity index (χ2n) is 5.73. The molecule has 0 atom stereocenters. The minimum Gasteiger partial charge on any atom is -0.496 e. The Bertz CT molecular complexity index is 951. The highest BCUT2D eigenvalue weighted by Gasteiger charge is 2.12. The fourth-order valence-electron chi connectivity index (χ4n) is 2.44. The molecule has 0 radical (unpaired) electrons. The number of nitrogens with one attached hydrogen (secondary N) is 2. The number of hydrogen-bond acceptors (Lipinski definition) is 5. The van der Waals surface area contributed by atoms with Crippen molar-refractivity contribution in [2.75, 3.05) is 12.4 Å². The number of benzene rings is 1. The summed E-state index contributed by atoms with van der Waals surface area (Å²) in [6.07, 6.45) is 11.3. The molecule has 0 fully saturated rings. The topological polar surface area (TPSA) is 101 Å². The van der Waals surface area contributed by atoms with Gasteiger partial charge < -0.3 is 25.6 Å². The van der Waals surface area contributed by atoms with Crippen molar-refractivity contribution in [1.82, 2.24) is 0 Å². The largest absolute Gasteiger partial charge is 0.496 e. The number of carbonyl (C=O) groups excluding carboxylic acids is 1. The van der Waals surface area contributed by atoms with Crippen LogP contribution in [-0.4, -0.2) is 18.7 Å². The Morgan fingerprint density at radius 3 is 2.75 bits per heavy atom. The zero-order chi connectivity index (χ0) is 20.5. The number of hydrogen-bond donors (Lipinski definition) is 3. The van der Waals surface area contributed by atoms with Gasteiger partial charge in [0.1, 0.15) is 12.0 Å². The van der Waals surface area contributed by atoms with Gasteiger partial charge in [-0.3, -0.25) is 4.79 Å². The predicted molar refractivity (Wildman–Crippen MR) is 113 cm³/mol. The Balaban J connectivity index is 2.31. The number of allylic oxidation sites excluding steroid dienone is 6. The van der Waals surface area contributed by atoms with Crippen LogP contribution in [0.4, 0.5) is 5.69 Å². The lowest BCUT2D eigenvalue weighted by Crippen LogP contribution is -2.11. The number of anilines is 1. The lowest BCUT2D eigenvalue weighted by molar-refractivity contribution is 0.102. The lowest BCUT2D eigenvalue weighted by Gasteiger charge is -2.12. The first-order valence-corrected chi connectivity index (χ1v) is 8.53. The van der Waals surface area contributed by atoms with Gasteiger partial charge >= 0.3 is 0 Å². The van der Waals surface area contributed by atoms with Crippen molar-refractivity contribution in [3.05, 3.63) is 90.5 Å². The molecule has 1 aromatic heterocycles. The van der Waals surface area contributed by atoms with Crippen molar-refractivity contribution in [2.24, 2.45) is 5.73 Å². The SMILES string of the molecule is C=C/C=C\C(=C/C)C(=N)/C=C(\N)c1cc(NC(=O)c2ccoc2)ccc1OC. The summed E-state index contributed by atoms with van der Waals surface area (Å²) < 4.78 is 10.3. The average molecular weight is 377 g/mol. The van der Waals surface area contributed by atoms with Gasteiger partial charge in [-0.1, -0.05) is 30.9 Å². The van der Waals surface area contributed by atoms with Crippen LogP contribution in [0.15, 0.2) is 83.7 Å². The summed E-state index contributed by atoms with van der Waals surface area (Å²) >= 11 is 0. The first-order chi connectivity index (χ1) is 13.5. The number of carbonyl (C=O) groups is 1. The Morgan fingerprint density at radius 2 is 2.14 bits per heavy atom. The van der Waals surface area contributed by atoms with E-state index in [0.29, 0.717) is 33.8 Å². The lowest BCUT2D eigenvalue weighted by atomic mass is 10.0. The van der Waals surface area contributed by atoms with E-state index in [0.717, 1.165) is 0 Å². The number of rotatable bonds is 8. The van der Waals surface area contributed by atoms with Gasteiger partial charge in [-0.05, 0) is 42.8 Å².